The predicted octanol–water partition coefficient (Wildman–Crippen LogP) is 5.03. The van der Waals surface area contributed by atoms with E-state index in [1.807, 2.05) is 72.1 Å². The minimum Gasteiger partial charge on any atom is -0.340 e. The van der Waals surface area contributed by atoms with Gasteiger partial charge in [-0.05, 0) is 34.7 Å². The first-order valence-corrected chi connectivity index (χ1v) is 8.56. The fraction of sp³-hybridized carbons (Fsp3) is 0.0556. The maximum absolute atomic E-state index is 12.4. The molecule has 0 aliphatic carbocycles. The molecule has 2 aromatic carbocycles. The molecular formula is C18H14BrNOS. The molecule has 0 spiro atoms. The zero-order valence-corrected chi connectivity index (χ0v) is 14.1. The maximum Gasteiger partial charge on any atom is 0.262 e. The van der Waals surface area contributed by atoms with Gasteiger partial charge in [-0.15, -0.1) is 11.3 Å². The highest BCUT2D eigenvalue weighted by Crippen LogP contribution is 2.24. The zero-order valence-electron chi connectivity index (χ0n) is 11.7. The molecule has 0 aliphatic heterocycles. The number of halogens is 1. The van der Waals surface area contributed by atoms with E-state index < -0.39 is 0 Å². The number of amides is 1. The molecule has 0 unspecified atom stereocenters. The van der Waals surface area contributed by atoms with E-state index in [0.29, 0.717) is 0 Å². The second-order valence-corrected chi connectivity index (χ2v) is 6.71. The third-order valence-corrected chi connectivity index (χ3v) is 4.75. The number of hydrogen-bond acceptors (Lipinski definition) is 2. The van der Waals surface area contributed by atoms with E-state index in [1.165, 1.54) is 11.3 Å². The standard InChI is InChI=1S/C18H14BrNOS/c19-15-10-8-14(9-11-15)17(13-5-2-1-3-6-13)20-18(21)16-7-4-12-22-16/h1-12,17H,(H,20,21)/t17-/m0/s1. The Morgan fingerprint density at radius 2 is 1.59 bits per heavy atom. The molecule has 1 amide bonds. The van der Waals surface area contributed by atoms with Crippen molar-refractivity contribution in [3.63, 3.8) is 0 Å². The lowest BCUT2D eigenvalue weighted by Gasteiger charge is -2.19. The minimum absolute atomic E-state index is 0.0493. The summed E-state index contributed by atoms with van der Waals surface area (Å²) in [5.74, 6) is -0.0493. The van der Waals surface area contributed by atoms with Crippen molar-refractivity contribution in [1.82, 2.24) is 5.32 Å². The van der Waals surface area contributed by atoms with Crippen molar-refractivity contribution in [3.05, 3.63) is 92.6 Å². The number of carbonyl (C=O) groups excluding carboxylic acids is 1. The number of rotatable bonds is 4. The van der Waals surface area contributed by atoms with Gasteiger partial charge in [-0.2, -0.15) is 0 Å². The van der Waals surface area contributed by atoms with Gasteiger partial charge in [-0.3, -0.25) is 4.79 Å². The Morgan fingerprint density at radius 3 is 2.23 bits per heavy atom. The van der Waals surface area contributed by atoms with E-state index in [1.54, 1.807) is 0 Å². The second kappa shape index (κ2) is 6.90. The lowest BCUT2D eigenvalue weighted by atomic mass is 9.98. The normalized spacial score (nSPS) is 11.9. The molecule has 3 rings (SSSR count). The molecule has 0 saturated heterocycles. The molecule has 0 fully saturated rings. The highest BCUT2D eigenvalue weighted by molar-refractivity contribution is 9.10. The van der Waals surface area contributed by atoms with Gasteiger partial charge < -0.3 is 5.32 Å². The van der Waals surface area contributed by atoms with Gasteiger partial charge in [0.05, 0.1) is 10.9 Å². The summed E-state index contributed by atoms with van der Waals surface area (Å²) >= 11 is 4.89. The SMILES string of the molecule is O=C(N[C@@H](c1ccccc1)c1ccc(Br)cc1)c1cccs1. The largest absolute Gasteiger partial charge is 0.340 e. The van der Waals surface area contributed by atoms with Crippen LogP contribution in [0.1, 0.15) is 26.8 Å². The molecule has 0 radical (unpaired) electrons. The maximum atomic E-state index is 12.4. The first-order chi connectivity index (χ1) is 10.7. The molecular weight excluding hydrogens is 358 g/mol. The lowest BCUT2D eigenvalue weighted by Crippen LogP contribution is -2.28. The van der Waals surface area contributed by atoms with E-state index in [-0.39, 0.29) is 11.9 Å². The molecule has 4 heteroatoms. The zero-order chi connectivity index (χ0) is 15.4. The smallest absolute Gasteiger partial charge is 0.262 e. The van der Waals surface area contributed by atoms with E-state index in [4.69, 9.17) is 0 Å². The van der Waals surface area contributed by atoms with Crippen LogP contribution in [-0.4, -0.2) is 5.91 Å². The fourth-order valence-corrected chi connectivity index (χ4v) is 3.16. The van der Waals surface area contributed by atoms with Crippen LogP contribution >= 0.6 is 27.3 Å². The van der Waals surface area contributed by atoms with Crippen LogP contribution in [0.5, 0.6) is 0 Å². The van der Waals surface area contributed by atoms with Crippen LogP contribution in [0.2, 0.25) is 0 Å². The molecule has 0 aliphatic rings. The average molecular weight is 372 g/mol. The lowest BCUT2D eigenvalue weighted by molar-refractivity contribution is 0.0947. The van der Waals surface area contributed by atoms with Crippen LogP contribution in [0, 0.1) is 0 Å². The van der Waals surface area contributed by atoms with Crippen molar-refractivity contribution in [2.45, 2.75) is 6.04 Å². The fourth-order valence-electron chi connectivity index (χ4n) is 2.27. The average Bonchev–Trinajstić information content (AvgIpc) is 3.09. The summed E-state index contributed by atoms with van der Waals surface area (Å²) in [6.45, 7) is 0. The highest BCUT2D eigenvalue weighted by Gasteiger charge is 2.18. The van der Waals surface area contributed by atoms with Gasteiger partial charge in [-0.1, -0.05) is 64.5 Å². The Morgan fingerprint density at radius 1 is 0.909 bits per heavy atom. The molecule has 0 saturated carbocycles. The monoisotopic (exact) mass is 371 g/mol. The van der Waals surface area contributed by atoms with Crippen molar-refractivity contribution >= 4 is 33.2 Å². The Balaban J connectivity index is 1.93. The molecule has 1 N–H and O–H groups in total. The molecule has 22 heavy (non-hydrogen) atoms. The van der Waals surface area contributed by atoms with E-state index in [9.17, 15) is 4.79 Å². The van der Waals surface area contributed by atoms with E-state index >= 15 is 0 Å². The second-order valence-electron chi connectivity index (χ2n) is 4.85. The number of carbonyl (C=O) groups is 1. The third kappa shape index (κ3) is 3.46. The highest BCUT2D eigenvalue weighted by atomic mass is 79.9. The van der Waals surface area contributed by atoms with Crippen LogP contribution in [0.3, 0.4) is 0 Å². The van der Waals surface area contributed by atoms with Gasteiger partial charge in [0.15, 0.2) is 0 Å². The van der Waals surface area contributed by atoms with Gasteiger partial charge in [-0.25, -0.2) is 0 Å². The summed E-state index contributed by atoms with van der Waals surface area (Å²) in [5, 5.41) is 5.04. The predicted molar refractivity (Wildman–Crippen MR) is 94.2 cm³/mol. The molecule has 1 heterocycles. The van der Waals surface area contributed by atoms with Crippen molar-refractivity contribution < 1.29 is 4.79 Å². The molecule has 1 atom stereocenters. The van der Waals surface area contributed by atoms with Crippen LogP contribution in [0.15, 0.2) is 76.6 Å². The van der Waals surface area contributed by atoms with Crippen molar-refractivity contribution in [2.24, 2.45) is 0 Å². The van der Waals surface area contributed by atoms with E-state index in [2.05, 4.69) is 21.2 Å². The van der Waals surface area contributed by atoms with Gasteiger partial charge in [0, 0.05) is 4.47 Å². The molecule has 110 valence electrons. The Bertz CT molecular complexity index is 739. The Hall–Kier alpha value is -1.91. The van der Waals surface area contributed by atoms with Crippen LogP contribution in [0.4, 0.5) is 0 Å². The summed E-state index contributed by atoms with van der Waals surface area (Å²) in [5.41, 5.74) is 2.12. The Kier molecular flexibility index (Phi) is 4.71. The molecule has 1 aromatic heterocycles. The quantitative estimate of drug-likeness (QED) is 0.684. The summed E-state index contributed by atoms with van der Waals surface area (Å²) in [7, 11) is 0. The Labute approximate surface area is 141 Å². The number of nitrogens with one attached hydrogen (secondary N) is 1. The molecule has 2 nitrogen and oxygen atoms in total. The molecule has 3 aromatic rings. The molecule has 0 bridgehead atoms. The number of benzene rings is 2. The van der Waals surface area contributed by atoms with Gasteiger partial charge in [0.1, 0.15) is 0 Å². The summed E-state index contributed by atoms with van der Waals surface area (Å²) in [6.07, 6.45) is 0. The topological polar surface area (TPSA) is 29.1 Å². The number of hydrogen-bond donors (Lipinski definition) is 1. The first kappa shape index (κ1) is 15.0. The van der Waals surface area contributed by atoms with Crippen molar-refractivity contribution in [3.8, 4) is 0 Å². The van der Waals surface area contributed by atoms with Gasteiger partial charge in [0.25, 0.3) is 5.91 Å². The summed E-state index contributed by atoms with van der Waals surface area (Å²) in [6, 6.07) is 21.6. The van der Waals surface area contributed by atoms with Crippen LogP contribution in [0.25, 0.3) is 0 Å². The van der Waals surface area contributed by atoms with Crippen LogP contribution in [-0.2, 0) is 0 Å². The van der Waals surface area contributed by atoms with Crippen LogP contribution < -0.4 is 5.32 Å². The third-order valence-electron chi connectivity index (χ3n) is 3.36. The van der Waals surface area contributed by atoms with Gasteiger partial charge >= 0.3 is 0 Å². The minimum atomic E-state index is -0.163. The van der Waals surface area contributed by atoms with Crippen molar-refractivity contribution in [1.29, 1.82) is 0 Å². The first-order valence-electron chi connectivity index (χ1n) is 6.89. The summed E-state index contributed by atoms with van der Waals surface area (Å²) in [4.78, 5) is 13.1. The van der Waals surface area contributed by atoms with Gasteiger partial charge in [0.2, 0.25) is 0 Å². The summed E-state index contributed by atoms with van der Waals surface area (Å²) < 4.78 is 1.02. The van der Waals surface area contributed by atoms with Crippen molar-refractivity contribution in [2.75, 3.05) is 0 Å². The van der Waals surface area contributed by atoms with E-state index in [0.717, 1.165) is 20.5 Å². The number of thiophene rings is 1.